The Hall–Kier alpha value is -1.93. The molecule has 0 aliphatic carbocycles. The highest BCUT2D eigenvalue weighted by Gasteiger charge is 2.02. The van der Waals surface area contributed by atoms with E-state index in [1.54, 1.807) is 0 Å². The molecule has 3 heteroatoms. The first-order chi connectivity index (χ1) is 8.81. The highest BCUT2D eigenvalue weighted by atomic mass is 35.5. The third-order valence-corrected chi connectivity index (χ3v) is 3.00. The molecule has 90 valence electrons. The predicted octanol–water partition coefficient (Wildman–Crippen LogP) is 4.70. The number of para-hydroxylation sites is 1. The Morgan fingerprint density at radius 1 is 1.00 bits per heavy atom. The van der Waals surface area contributed by atoms with Gasteiger partial charge in [-0.05, 0) is 30.3 Å². The number of halogens is 1. The van der Waals surface area contributed by atoms with Crippen LogP contribution >= 0.6 is 11.6 Å². The van der Waals surface area contributed by atoms with Crippen molar-refractivity contribution in [2.24, 2.45) is 0 Å². The molecular formula is C15H12ClNO. The van der Waals surface area contributed by atoms with Crippen molar-refractivity contribution in [2.45, 2.75) is 6.54 Å². The molecule has 0 spiro atoms. The second-order valence-corrected chi connectivity index (χ2v) is 4.55. The lowest BCUT2D eigenvalue weighted by Crippen LogP contribution is -1.97. The van der Waals surface area contributed by atoms with E-state index in [1.807, 2.05) is 54.6 Å². The molecule has 2 nitrogen and oxygen atoms in total. The monoisotopic (exact) mass is 257 g/mol. The largest absolute Gasteiger partial charge is 0.459 e. The van der Waals surface area contributed by atoms with Gasteiger partial charge in [-0.25, -0.2) is 0 Å². The SMILES string of the molecule is Clc1cccc(NCc2cc3ccccc3o2)c1. The highest BCUT2D eigenvalue weighted by molar-refractivity contribution is 6.30. The van der Waals surface area contributed by atoms with Crippen LogP contribution in [-0.4, -0.2) is 0 Å². The van der Waals surface area contributed by atoms with Crippen LogP contribution in [0.4, 0.5) is 5.69 Å². The molecule has 0 atom stereocenters. The van der Waals surface area contributed by atoms with Crippen LogP contribution in [0.5, 0.6) is 0 Å². The molecular weight excluding hydrogens is 246 g/mol. The van der Waals surface area contributed by atoms with E-state index in [0.29, 0.717) is 6.54 Å². The van der Waals surface area contributed by atoms with Crippen LogP contribution in [0.1, 0.15) is 5.76 Å². The maximum atomic E-state index is 5.93. The number of anilines is 1. The number of fused-ring (bicyclic) bond motifs is 1. The molecule has 3 rings (SSSR count). The summed E-state index contributed by atoms with van der Waals surface area (Å²) in [6.07, 6.45) is 0. The summed E-state index contributed by atoms with van der Waals surface area (Å²) in [6.45, 7) is 0.648. The number of hydrogen-bond acceptors (Lipinski definition) is 2. The second-order valence-electron chi connectivity index (χ2n) is 4.11. The summed E-state index contributed by atoms with van der Waals surface area (Å²) in [7, 11) is 0. The van der Waals surface area contributed by atoms with E-state index in [2.05, 4.69) is 5.32 Å². The minimum atomic E-state index is 0.648. The molecule has 1 heterocycles. The summed E-state index contributed by atoms with van der Waals surface area (Å²) in [5.74, 6) is 0.913. The van der Waals surface area contributed by atoms with Gasteiger partial charge in [-0.3, -0.25) is 0 Å². The molecule has 3 aromatic rings. The van der Waals surface area contributed by atoms with Crippen LogP contribution in [0.3, 0.4) is 0 Å². The van der Waals surface area contributed by atoms with Gasteiger partial charge in [-0.15, -0.1) is 0 Å². The molecule has 0 bridgehead atoms. The van der Waals surface area contributed by atoms with Gasteiger partial charge in [0, 0.05) is 16.1 Å². The molecule has 0 fully saturated rings. The fourth-order valence-electron chi connectivity index (χ4n) is 1.91. The molecule has 1 N–H and O–H groups in total. The normalized spacial score (nSPS) is 10.7. The summed E-state index contributed by atoms with van der Waals surface area (Å²) in [5, 5.41) is 5.14. The lowest BCUT2D eigenvalue weighted by molar-refractivity contribution is 0.559. The van der Waals surface area contributed by atoms with Gasteiger partial charge in [0.2, 0.25) is 0 Å². The maximum Gasteiger partial charge on any atom is 0.134 e. The molecule has 18 heavy (non-hydrogen) atoms. The molecule has 0 radical (unpaired) electrons. The predicted molar refractivity (Wildman–Crippen MR) is 75.0 cm³/mol. The standard InChI is InChI=1S/C15H12ClNO/c16-12-5-3-6-13(9-12)17-10-14-8-11-4-1-2-7-15(11)18-14/h1-9,17H,10H2. The fourth-order valence-corrected chi connectivity index (χ4v) is 2.10. The van der Waals surface area contributed by atoms with E-state index in [1.165, 1.54) is 0 Å². The zero-order valence-corrected chi connectivity index (χ0v) is 10.4. The van der Waals surface area contributed by atoms with Crippen molar-refractivity contribution in [1.29, 1.82) is 0 Å². The lowest BCUT2D eigenvalue weighted by atomic mass is 10.2. The van der Waals surface area contributed by atoms with Gasteiger partial charge < -0.3 is 9.73 Å². The lowest BCUT2D eigenvalue weighted by Gasteiger charge is -2.03. The molecule has 0 saturated carbocycles. The average molecular weight is 258 g/mol. The number of rotatable bonds is 3. The van der Waals surface area contributed by atoms with Crippen LogP contribution in [0.15, 0.2) is 59.0 Å². The van der Waals surface area contributed by atoms with Gasteiger partial charge in [0.25, 0.3) is 0 Å². The van der Waals surface area contributed by atoms with Gasteiger partial charge in [-0.2, -0.15) is 0 Å². The Balaban J connectivity index is 1.76. The fraction of sp³-hybridized carbons (Fsp3) is 0.0667. The zero-order chi connectivity index (χ0) is 12.4. The first-order valence-corrected chi connectivity index (χ1v) is 6.16. The molecule has 0 aliphatic heterocycles. The van der Waals surface area contributed by atoms with E-state index in [9.17, 15) is 0 Å². The van der Waals surface area contributed by atoms with E-state index >= 15 is 0 Å². The van der Waals surface area contributed by atoms with E-state index in [0.717, 1.165) is 27.4 Å². The average Bonchev–Trinajstić information content (AvgIpc) is 2.79. The van der Waals surface area contributed by atoms with Crippen molar-refractivity contribution >= 4 is 28.3 Å². The Bertz CT molecular complexity index is 642. The van der Waals surface area contributed by atoms with Gasteiger partial charge in [0.1, 0.15) is 11.3 Å². The van der Waals surface area contributed by atoms with Gasteiger partial charge in [-0.1, -0.05) is 35.9 Å². The summed E-state index contributed by atoms with van der Waals surface area (Å²) < 4.78 is 5.72. The molecule has 0 unspecified atom stereocenters. The second kappa shape index (κ2) is 4.75. The molecule has 0 saturated heterocycles. The zero-order valence-electron chi connectivity index (χ0n) is 9.69. The van der Waals surface area contributed by atoms with Gasteiger partial charge in [0.05, 0.1) is 6.54 Å². The van der Waals surface area contributed by atoms with Crippen LogP contribution < -0.4 is 5.32 Å². The van der Waals surface area contributed by atoms with Crippen LogP contribution in [-0.2, 0) is 6.54 Å². The Labute approximate surface area is 110 Å². The van der Waals surface area contributed by atoms with E-state index in [4.69, 9.17) is 16.0 Å². The smallest absolute Gasteiger partial charge is 0.134 e. The topological polar surface area (TPSA) is 25.2 Å². The summed E-state index contributed by atoms with van der Waals surface area (Å²) in [4.78, 5) is 0. The van der Waals surface area contributed by atoms with Crippen molar-refractivity contribution in [3.63, 3.8) is 0 Å². The van der Waals surface area contributed by atoms with E-state index < -0.39 is 0 Å². The Morgan fingerprint density at radius 3 is 2.72 bits per heavy atom. The number of hydrogen-bond donors (Lipinski definition) is 1. The minimum Gasteiger partial charge on any atom is -0.459 e. The quantitative estimate of drug-likeness (QED) is 0.736. The van der Waals surface area contributed by atoms with Gasteiger partial charge in [0.15, 0.2) is 0 Å². The number of nitrogens with one attached hydrogen (secondary N) is 1. The third kappa shape index (κ3) is 2.34. The van der Waals surface area contributed by atoms with Crippen LogP contribution in [0, 0.1) is 0 Å². The summed E-state index contributed by atoms with van der Waals surface area (Å²) in [5.41, 5.74) is 1.91. The third-order valence-electron chi connectivity index (χ3n) is 2.77. The molecule has 0 aliphatic rings. The number of furan rings is 1. The van der Waals surface area contributed by atoms with Gasteiger partial charge >= 0.3 is 0 Å². The van der Waals surface area contributed by atoms with Crippen molar-refractivity contribution in [3.8, 4) is 0 Å². The minimum absolute atomic E-state index is 0.648. The Morgan fingerprint density at radius 2 is 1.89 bits per heavy atom. The maximum absolute atomic E-state index is 5.93. The van der Waals surface area contributed by atoms with Crippen molar-refractivity contribution < 1.29 is 4.42 Å². The first kappa shape index (κ1) is 11.2. The van der Waals surface area contributed by atoms with Crippen molar-refractivity contribution in [3.05, 3.63) is 65.4 Å². The Kier molecular flexibility index (Phi) is 2.95. The molecule has 1 aromatic heterocycles. The van der Waals surface area contributed by atoms with E-state index in [-0.39, 0.29) is 0 Å². The first-order valence-electron chi connectivity index (χ1n) is 5.78. The highest BCUT2D eigenvalue weighted by Crippen LogP contribution is 2.20. The summed E-state index contributed by atoms with van der Waals surface area (Å²) in [6, 6.07) is 17.7. The molecule has 0 amide bonds. The van der Waals surface area contributed by atoms with Crippen molar-refractivity contribution in [1.82, 2.24) is 0 Å². The van der Waals surface area contributed by atoms with Crippen LogP contribution in [0.2, 0.25) is 5.02 Å². The van der Waals surface area contributed by atoms with Crippen molar-refractivity contribution in [2.75, 3.05) is 5.32 Å². The number of benzene rings is 2. The molecule has 2 aromatic carbocycles. The van der Waals surface area contributed by atoms with Crippen LogP contribution in [0.25, 0.3) is 11.0 Å². The summed E-state index contributed by atoms with van der Waals surface area (Å²) >= 11 is 5.93.